The summed E-state index contributed by atoms with van der Waals surface area (Å²) in [5, 5.41) is 4.09. The average Bonchev–Trinajstić information content (AvgIpc) is 2.89. The van der Waals surface area contributed by atoms with E-state index in [0.717, 1.165) is 17.6 Å². The van der Waals surface area contributed by atoms with Crippen molar-refractivity contribution < 1.29 is 23.8 Å². The van der Waals surface area contributed by atoms with Crippen LogP contribution in [0.1, 0.15) is 19.4 Å². The molecule has 2 aromatic carbocycles. The summed E-state index contributed by atoms with van der Waals surface area (Å²) < 4.78 is 16.4. The molecule has 198 valence electrons. The summed E-state index contributed by atoms with van der Waals surface area (Å²) in [5.74, 6) is 1.65. The minimum Gasteiger partial charge on any atom is -0.493 e. The monoisotopic (exact) mass is 516 g/mol. The molecule has 38 heavy (non-hydrogen) atoms. The first kappa shape index (κ1) is 26.8. The number of hydrogen-bond acceptors (Lipinski definition) is 9. The van der Waals surface area contributed by atoms with Crippen LogP contribution in [0.3, 0.4) is 0 Å². The molecular weight excluding hydrogens is 484 g/mol. The molecule has 4 rings (SSSR count). The first-order valence-electron chi connectivity index (χ1n) is 12.4. The highest BCUT2D eigenvalue weighted by atomic mass is 16.5. The molecular formula is C29H32N4O5. The van der Waals surface area contributed by atoms with Gasteiger partial charge >= 0.3 is 0 Å². The van der Waals surface area contributed by atoms with Crippen LogP contribution in [0.5, 0.6) is 11.5 Å². The number of fused-ring (bicyclic) bond motifs is 1. The van der Waals surface area contributed by atoms with E-state index in [4.69, 9.17) is 14.2 Å². The highest BCUT2D eigenvalue weighted by Gasteiger charge is 2.21. The number of benzene rings is 2. The van der Waals surface area contributed by atoms with Crippen molar-refractivity contribution in [2.24, 2.45) is 5.92 Å². The standard InChI is InChI=1S/C29H32N4O5/c1-18(2)16-33(3)25-8-6-19(12-21(25)22-13-20(34)7-9-26(22)35)32-29-23-14-27(37-5)28(38-11-10-36-4)15-24(23)30-17-31-29/h6-9,12-15,17-18H,10-11,16H2,1-5H3,(H,30,31,32). The van der Waals surface area contributed by atoms with Crippen molar-refractivity contribution in [1.82, 2.24) is 9.97 Å². The van der Waals surface area contributed by atoms with E-state index in [1.807, 2.05) is 31.3 Å². The summed E-state index contributed by atoms with van der Waals surface area (Å²) in [6.45, 7) is 5.87. The molecule has 9 heteroatoms. The van der Waals surface area contributed by atoms with Crippen molar-refractivity contribution in [2.45, 2.75) is 13.8 Å². The number of carbonyl (C=O) groups excluding carboxylic acids is 2. The molecule has 3 aromatic rings. The van der Waals surface area contributed by atoms with Gasteiger partial charge in [-0.15, -0.1) is 0 Å². The Hall–Kier alpha value is -4.24. The number of rotatable bonds is 11. The van der Waals surface area contributed by atoms with Crippen LogP contribution in [0.25, 0.3) is 16.5 Å². The lowest BCUT2D eigenvalue weighted by Gasteiger charge is -2.26. The van der Waals surface area contributed by atoms with E-state index in [-0.39, 0.29) is 11.6 Å². The number of methoxy groups -OCH3 is 2. The first-order chi connectivity index (χ1) is 18.3. The Kier molecular flexibility index (Phi) is 8.38. The highest BCUT2D eigenvalue weighted by Crippen LogP contribution is 2.36. The smallest absolute Gasteiger partial charge is 0.186 e. The fourth-order valence-electron chi connectivity index (χ4n) is 4.34. The van der Waals surface area contributed by atoms with Gasteiger partial charge < -0.3 is 24.4 Å². The number of hydrogen-bond donors (Lipinski definition) is 1. The molecule has 1 aliphatic carbocycles. The Morgan fingerprint density at radius 3 is 2.55 bits per heavy atom. The lowest BCUT2D eigenvalue weighted by molar-refractivity contribution is -0.113. The molecule has 1 N–H and O–H groups in total. The molecule has 0 spiro atoms. The number of nitrogens with one attached hydrogen (secondary N) is 1. The van der Waals surface area contributed by atoms with E-state index in [0.29, 0.717) is 58.8 Å². The number of ketones is 2. The van der Waals surface area contributed by atoms with Gasteiger partial charge in [0.05, 0.1) is 19.2 Å². The molecule has 1 aromatic heterocycles. The average molecular weight is 517 g/mol. The molecule has 9 nitrogen and oxygen atoms in total. The first-order valence-corrected chi connectivity index (χ1v) is 12.4. The third-order valence-electron chi connectivity index (χ3n) is 6.02. The number of ether oxygens (including phenoxy) is 3. The molecule has 0 aliphatic heterocycles. The maximum atomic E-state index is 12.8. The second-order valence-electron chi connectivity index (χ2n) is 9.37. The number of carbonyl (C=O) groups is 2. The summed E-state index contributed by atoms with van der Waals surface area (Å²) in [4.78, 5) is 35.9. The third-order valence-corrected chi connectivity index (χ3v) is 6.02. The van der Waals surface area contributed by atoms with Gasteiger partial charge in [-0.2, -0.15) is 0 Å². The second kappa shape index (κ2) is 11.9. The number of anilines is 3. The van der Waals surface area contributed by atoms with E-state index in [2.05, 4.69) is 34.0 Å². The van der Waals surface area contributed by atoms with Crippen molar-refractivity contribution in [1.29, 1.82) is 0 Å². The summed E-state index contributed by atoms with van der Waals surface area (Å²) in [5.41, 5.74) is 3.27. The SMILES string of the molecule is COCCOc1cc2ncnc(Nc3ccc(N(C)CC(C)C)c(C4=CC(=O)C=CC4=O)c3)c2cc1OC. The van der Waals surface area contributed by atoms with Crippen LogP contribution in [0.2, 0.25) is 0 Å². The van der Waals surface area contributed by atoms with Crippen LogP contribution >= 0.6 is 0 Å². The summed E-state index contributed by atoms with van der Waals surface area (Å²) in [7, 11) is 5.17. The Morgan fingerprint density at radius 2 is 1.82 bits per heavy atom. The lowest BCUT2D eigenvalue weighted by Crippen LogP contribution is -2.24. The van der Waals surface area contributed by atoms with Gasteiger partial charge in [-0.05, 0) is 48.4 Å². The van der Waals surface area contributed by atoms with Crippen molar-refractivity contribution in [3.8, 4) is 11.5 Å². The molecule has 0 atom stereocenters. The third kappa shape index (κ3) is 6.00. The fourth-order valence-corrected chi connectivity index (χ4v) is 4.34. The molecule has 1 heterocycles. The lowest BCUT2D eigenvalue weighted by atomic mass is 9.94. The van der Waals surface area contributed by atoms with Crippen LogP contribution in [-0.4, -0.2) is 62.6 Å². The largest absolute Gasteiger partial charge is 0.493 e. The van der Waals surface area contributed by atoms with Crippen molar-refractivity contribution in [3.05, 3.63) is 60.5 Å². The van der Waals surface area contributed by atoms with Gasteiger partial charge in [0.15, 0.2) is 23.1 Å². The zero-order valence-corrected chi connectivity index (χ0v) is 22.3. The van der Waals surface area contributed by atoms with Gasteiger partial charge in [0.25, 0.3) is 0 Å². The molecule has 0 radical (unpaired) electrons. The van der Waals surface area contributed by atoms with E-state index in [9.17, 15) is 9.59 Å². The highest BCUT2D eigenvalue weighted by molar-refractivity contribution is 6.34. The normalized spacial score (nSPS) is 13.2. The zero-order valence-electron chi connectivity index (χ0n) is 22.3. The van der Waals surface area contributed by atoms with Crippen LogP contribution < -0.4 is 19.7 Å². The second-order valence-corrected chi connectivity index (χ2v) is 9.37. The van der Waals surface area contributed by atoms with Gasteiger partial charge in [-0.25, -0.2) is 9.97 Å². The molecule has 0 fully saturated rings. The maximum absolute atomic E-state index is 12.8. The topological polar surface area (TPSA) is 103 Å². The van der Waals surface area contributed by atoms with E-state index in [1.165, 1.54) is 24.6 Å². The van der Waals surface area contributed by atoms with Crippen LogP contribution in [0.4, 0.5) is 17.2 Å². The summed E-state index contributed by atoms with van der Waals surface area (Å²) in [6, 6.07) is 9.37. The van der Waals surface area contributed by atoms with Crippen molar-refractivity contribution >= 4 is 45.2 Å². The summed E-state index contributed by atoms with van der Waals surface area (Å²) in [6.07, 6.45) is 5.47. The van der Waals surface area contributed by atoms with Gasteiger partial charge in [0.2, 0.25) is 0 Å². The molecule has 1 aliphatic rings. The molecule has 0 bridgehead atoms. The number of nitrogens with zero attached hydrogens (tertiary/aromatic N) is 3. The predicted molar refractivity (Wildman–Crippen MR) is 148 cm³/mol. The van der Waals surface area contributed by atoms with Crippen LogP contribution in [0.15, 0.2) is 54.9 Å². The molecule has 0 saturated heterocycles. The van der Waals surface area contributed by atoms with E-state index >= 15 is 0 Å². The molecule has 0 unspecified atom stereocenters. The number of allylic oxidation sites excluding steroid dienone is 4. The minimum absolute atomic E-state index is 0.209. The Balaban J connectivity index is 1.74. The quantitative estimate of drug-likeness (QED) is 0.289. The van der Waals surface area contributed by atoms with Gasteiger partial charge in [-0.3, -0.25) is 9.59 Å². The van der Waals surface area contributed by atoms with E-state index < -0.39 is 0 Å². The van der Waals surface area contributed by atoms with Gasteiger partial charge in [0.1, 0.15) is 18.8 Å². The van der Waals surface area contributed by atoms with Crippen molar-refractivity contribution in [3.63, 3.8) is 0 Å². The Labute approximate surface area is 222 Å². The Morgan fingerprint density at radius 1 is 1.00 bits per heavy atom. The predicted octanol–water partition coefficient (Wildman–Crippen LogP) is 4.59. The molecule has 0 amide bonds. The minimum atomic E-state index is -0.215. The zero-order chi connectivity index (χ0) is 27.2. The fraction of sp³-hybridized carbons (Fsp3) is 0.310. The van der Waals surface area contributed by atoms with Crippen molar-refractivity contribution in [2.75, 3.05) is 51.2 Å². The van der Waals surface area contributed by atoms with E-state index in [1.54, 1.807) is 20.3 Å². The Bertz CT molecular complexity index is 1410. The van der Waals surface area contributed by atoms with Gasteiger partial charge in [0, 0.05) is 54.7 Å². The molecule has 0 saturated carbocycles. The van der Waals surface area contributed by atoms with Gasteiger partial charge in [-0.1, -0.05) is 13.8 Å². The van der Waals surface area contributed by atoms with Crippen LogP contribution in [0, 0.1) is 5.92 Å². The maximum Gasteiger partial charge on any atom is 0.186 e. The van der Waals surface area contributed by atoms with Crippen LogP contribution in [-0.2, 0) is 14.3 Å². The summed E-state index contributed by atoms with van der Waals surface area (Å²) >= 11 is 0. The number of aromatic nitrogens is 2.